The summed E-state index contributed by atoms with van der Waals surface area (Å²) in [6.45, 7) is 2.54. The van der Waals surface area contributed by atoms with E-state index in [9.17, 15) is 43.5 Å². The molecule has 462 valence electrons. The van der Waals surface area contributed by atoms with E-state index >= 15 is 0 Å². The normalized spacial score (nSPS) is 14.8. The van der Waals surface area contributed by atoms with Gasteiger partial charge in [0.15, 0.2) is 6.10 Å². The van der Waals surface area contributed by atoms with Gasteiger partial charge in [-0.05, 0) is 57.8 Å². The van der Waals surface area contributed by atoms with E-state index in [0.29, 0.717) is 19.3 Å². The van der Waals surface area contributed by atoms with Gasteiger partial charge in [0.2, 0.25) is 0 Å². The van der Waals surface area contributed by atoms with Gasteiger partial charge in [-0.1, -0.05) is 236 Å². The lowest BCUT2D eigenvalue weighted by Gasteiger charge is -2.21. The fourth-order valence-electron chi connectivity index (χ4n) is 8.33. The summed E-state index contributed by atoms with van der Waals surface area (Å²) in [5, 5.41) is 20.5. The third-order valence-corrected chi connectivity index (χ3v) is 15.0. The number of unbranched alkanes of at least 4 members (excludes halogenated alkanes) is 28. The van der Waals surface area contributed by atoms with Crippen molar-refractivity contribution in [2.75, 3.05) is 39.6 Å². The summed E-state index contributed by atoms with van der Waals surface area (Å²) in [6.07, 6.45) is 51.8. The number of ether oxygens (including phenoxy) is 3. The highest BCUT2D eigenvalue weighted by molar-refractivity contribution is 7.47. The molecule has 0 saturated heterocycles. The van der Waals surface area contributed by atoms with Gasteiger partial charge in [-0.15, -0.1) is 0 Å². The maximum Gasteiger partial charge on any atom is 0.472 e. The molecule has 0 bridgehead atoms. The Balaban J connectivity index is 4.57. The molecule has 5 unspecified atom stereocenters. The molecule has 5 atom stereocenters. The Labute approximate surface area is 478 Å². The van der Waals surface area contributed by atoms with Crippen molar-refractivity contribution in [3.63, 3.8) is 0 Å². The Morgan fingerprint density at radius 3 is 1.06 bits per heavy atom. The molecule has 4 N–H and O–H groups in total. The predicted molar refractivity (Wildman–Crippen MR) is 316 cm³/mol. The molecule has 0 heterocycles. The summed E-state index contributed by atoms with van der Waals surface area (Å²) in [6, 6.07) is 0. The smallest absolute Gasteiger partial charge is 0.463 e. The first-order valence-electron chi connectivity index (χ1n) is 30.9. The van der Waals surface area contributed by atoms with Gasteiger partial charge < -0.3 is 34.2 Å². The second kappa shape index (κ2) is 56.0. The molecule has 0 saturated carbocycles. The number of allylic oxidation sites excluding steroid dienone is 8. The van der Waals surface area contributed by atoms with Gasteiger partial charge >= 0.3 is 33.6 Å². The molecule has 79 heavy (non-hydrogen) atoms. The number of carbonyl (C=O) groups is 3. The molecule has 0 fully saturated rings. The van der Waals surface area contributed by atoms with E-state index in [1.165, 1.54) is 96.3 Å². The van der Waals surface area contributed by atoms with Crippen LogP contribution in [-0.4, -0.2) is 95.9 Å². The fourth-order valence-corrected chi connectivity index (χ4v) is 9.91. The molecule has 0 spiro atoms. The van der Waals surface area contributed by atoms with Gasteiger partial charge in [-0.3, -0.25) is 32.5 Å². The van der Waals surface area contributed by atoms with Crippen LogP contribution in [0.5, 0.6) is 0 Å². The third-order valence-electron chi connectivity index (χ3n) is 13.1. The predicted octanol–water partition coefficient (Wildman–Crippen LogP) is 16.1. The number of carbonyl (C=O) groups excluding carboxylic acids is 3. The highest BCUT2D eigenvalue weighted by Crippen LogP contribution is 2.45. The van der Waals surface area contributed by atoms with Crippen LogP contribution in [0, 0.1) is 0 Å². The lowest BCUT2D eigenvalue weighted by Crippen LogP contribution is -2.30. The van der Waals surface area contributed by atoms with Gasteiger partial charge in [0.05, 0.1) is 26.4 Å². The van der Waals surface area contributed by atoms with Crippen molar-refractivity contribution in [3.05, 3.63) is 48.6 Å². The quantitative estimate of drug-likeness (QED) is 0.0146. The molecule has 0 radical (unpaired) electrons. The van der Waals surface area contributed by atoms with Crippen molar-refractivity contribution in [2.45, 2.75) is 283 Å². The summed E-state index contributed by atoms with van der Waals surface area (Å²) in [4.78, 5) is 58.0. The highest BCUT2D eigenvalue weighted by Gasteiger charge is 2.29. The average molecular weight is 1160 g/mol. The van der Waals surface area contributed by atoms with E-state index in [-0.39, 0.29) is 19.3 Å². The Kier molecular flexibility index (Phi) is 54.2. The zero-order valence-corrected chi connectivity index (χ0v) is 51.3. The summed E-state index contributed by atoms with van der Waals surface area (Å²) in [7, 11) is -9.74. The second-order valence-corrected chi connectivity index (χ2v) is 23.8. The Hall–Kier alpha value is -2.49. The van der Waals surface area contributed by atoms with Crippen LogP contribution in [-0.2, 0) is 55.8 Å². The topological polar surface area (TPSA) is 231 Å². The molecule has 0 aromatic carbocycles. The summed E-state index contributed by atoms with van der Waals surface area (Å²) in [5.41, 5.74) is 0. The van der Waals surface area contributed by atoms with Gasteiger partial charge in [-0.2, -0.15) is 0 Å². The molecule has 0 aliphatic rings. The lowest BCUT2D eigenvalue weighted by atomic mass is 10.0. The van der Waals surface area contributed by atoms with E-state index in [1.54, 1.807) is 0 Å². The largest absolute Gasteiger partial charge is 0.472 e. The summed E-state index contributed by atoms with van der Waals surface area (Å²) in [5.74, 6) is -1.57. The third kappa shape index (κ3) is 57.1. The van der Waals surface area contributed by atoms with Crippen LogP contribution in [0.3, 0.4) is 0 Å². The molecule has 18 heteroatoms. The monoisotopic (exact) mass is 1160 g/mol. The molecular formula is C61H112O16P2. The van der Waals surface area contributed by atoms with Crippen LogP contribution in [0.1, 0.15) is 265 Å². The fraction of sp³-hybridized carbons (Fsp3) is 0.820. The van der Waals surface area contributed by atoms with Crippen molar-refractivity contribution < 1.29 is 75.8 Å². The van der Waals surface area contributed by atoms with Gasteiger partial charge in [0.1, 0.15) is 25.4 Å². The molecule has 0 amide bonds. The van der Waals surface area contributed by atoms with Gasteiger partial charge in [0.25, 0.3) is 0 Å². The van der Waals surface area contributed by atoms with Crippen LogP contribution in [0.25, 0.3) is 0 Å². The number of hydrogen-bond acceptors (Lipinski definition) is 14. The summed E-state index contributed by atoms with van der Waals surface area (Å²) >= 11 is 0. The van der Waals surface area contributed by atoms with Crippen LogP contribution < -0.4 is 0 Å². The molecule has 16 nitrogen and oxygen atoms in total. The number of esters is 3. The number of phosphoric acid groups is 2. The van der Waals surface area contributed by atoms with E-state index in [4.69, 9.17) is 32.3 Å². The maximum atomic E-state index is 12.8. The van der Waals surface area contributed by atoms with Crippen LogP contribution in [0.4, 0.5) is 0 Å². The first-order chi connectivity index (χ1) is 38.2. The van der Waals surface area contributed by atoms with Gasteiger partial charge in [0, 0.05) is 19.3 Å². The van der Waals surface area contributed by atoms with Crippen molar-refractivity contribution >= 4 is 33.6 Å². The number of rotatable bonds is 59. The standard InChI is InChI=1S/C61H112O16P2/c1-4-7-10-13-16-19-22-24-25-26-27-28-29-31-34-35-38-41-44-47-59(64)71-50-56(62)51-73-78(67,68)74-52-57(63)53-75-79(69,70)76-55-58(77-61(66)49-46-43-40-37-32-21-18-15-12-9-6-3)54-72-60(65)48-45-42-39-36-33-30-23-20-17-14-11-8-5-2/h7,10,16,19,24-25,27-28,56-58,62-63H,4-6,8-9,11-15,17-18,20-23,26,29-55H2,1-3H3,(H,67,68)(H,69,70)/b10-7-,19-16-,25-24-,28-27-. The van der Waals surface area contributed by atoms with Crippen LogP contribution in [0.15, 0.2) is 48.6 Å². The zero-order valence-electron chi connectivity index (χ0n) is 49.5. The molecular weight excluding hydrogens is 1050 g/mol. The highest BCUT2D eigenvalue weighted by atomic mass is 31.2. The van der Waals surface area contributed by atoms with E-state index in [1.807, 2.05) is 0 Å². The molecule has 0 aromatic heterocycles. The van der Waals surface area contributed by atoms with E-state index in [2.05, 4.69) is 69.4 Å². The lowest BCUT2D eigenvalue weighted by molar-refractivity contribution is -0.161. The Morgan fingerprint density at radius 1 is 0.367 bits per heavy atom. The SMILES string of the molecule is CC/C=C\C/C=C\C/C=C\C/C=C\CCCCCCCCC(=O)OCC(O)COP(=O)(O)OCC(O)COP(=O)(O)OCC(COC(=O)CCCCCCCCCCCCCCC)OC(=O)CCCCCCCCCCCCC. The number of phosphoric ester groups is 2. The van der Waals surface area contributed by atoms with Crippen molar-refractivity contribution in [1.29, 1.82) is 0 Å². The zero-order chi connectivity index (χ0) is 58.2. The number of aliphatic hydroxyl groups is 2. The minimum atomic E-state index is -4.91. The Bertz CT molecular complexity index is 1650. The molecule has 0 aromatic rings. The first kappa shape index (κ1) is 76.5. The molecule has 0 rings (SSSR count). The van der Waals surface area contributed by atoms with Crippen molar-refractivity contribution in [3.8, 4) is 0 Å². The maximum absolute atomic E-state index is 12.8. The minimum Gasteiger partial charge on any atom is -0.463 e. The van der Waals surface area contributed by atoms with Gasteiger partial charge in [-0.25, -0.2) is 9.13 Å². The second-order valence-electron chi connectivity index (χ2n) is 20.8. The molecule has 0 aliphatic heterocycles. The van der Waals surface area contributed by atoms with E-state index < -0.39 is 91.5 Å². The van der Waals surface area contributed by atoms with E-state index in [0.717, 1.165) is 109 Å². The van der Waals surface area contributed by atoms with Crippen LogP contribution in [0.2, 0.25) is 0 Å². The first-order valence-corrected chi connectivity index (χ1v) is 33.9. The summed E-state index contributed by atoms with van der Waals surface area (Å²) < 4.78 is 60.6. The number of hydrogen-bond donors (Lipinski definition) is 4. The van der Waals surface area contributed by atoms with Crippen molar-refractivity contribution in [1.82, 2.24) is 0 Å². The molecule has 0 aliphatic carbocycles. The Morgan fingerprint density at radius 2 is 0.671 bits per heavy atom. The minimum absolute atomic E-state index is 0.112. The van der Waals surface area contributed by atoms with Crippen LogP contribution >= 0.6 is 15.6 Å². The average Bonchev–Trinajstić information content (AvgIpc) is 3.42. The van der Waals surface area contributed by atoms with Crippen molar-refractivity contribution in [2.24, 2.45) is 0 Å². The number of aliphatic hydroxyl groups excluding tert-OH is 2.